The summed E-state index contributed by atoms with van der Waals surface area (Å²) in [7, 11) is -3.77. The number of sulfonamides is 1. The van der Waals surface area contributed by atoms with Gasteiger partial charge in [0.05, 0.1) is 11.5 Å². The monoisotopic (exact) mass is 446 g/mol. The zero-order valence-electron chi connectivity index (χ0n) is 18.0. The Balaban J connectivity index is 1.57. The van der Waals surface area contributed by atoms with Crippen LogP contribution in [0, 0.1) is 26.6 Å². The standard InChI is InChI=1S/C23H27FN2O4S/c1-16-13-17(2)21(18(3)14-16)31(28,29)26-11-12-30-23(26)7-9-25(10-8-23)22(27)19-5-4-6-20(24)15-19/h4-6,13-15H,7-12H2,1-3H3. The van der Waals surface area contributed by atoms with Gasteiger partial charge < -0.3 is 9.64 Å². The summed E-state index contributed by atoms with van der Waals surface area (Å²) in [4.78, 5) is 14.7. The molecule has 0 N–H and O–H groups in total. The van der Waals surface area contributed by atoms with Crippen molar-refractivity contribution in [3.05, 3.63) is 64.5 Å². The average molecular weight is 447 g/mol. The van der Waals surface area contributed by atoms with Crippen molar-refractivity contribution >= 4 is 15.9 Å². The van der Waals surface area contributed by atoms with Crippen molar-refractivity contribution in [1.82, 2.24) is 9.21 Å². The fourth-order valence-electron chi connectivity index (χ4n) is 4.87. The van der Waals surface area contributed by atoms with Crippen LogP contribution in [0.1, 0.15) is 39.9 Å². The molecule has 0 radical (unpaired) electrons. The number of carbonyl (C=O) groups excluding carboxylic acids is 1. The number of aryl methyl sites for hydroxylation is 3. The molecule has 166 valence electrons. The van der Waals surface area contributed by atoms with Crippen LogP contribution in [0.15, 0.2) is 41.3 Å². The molecule has 0 unspecified atom stereocenters. The predicted octanol–water partition coefficient (Wildman–Crippen LogP) is 3.40. The largest absolute Gasteiger partial charge is 0.358 e. The Bertz CT molecular complexity index is 1100. The topological polar surface area (TPSA) is 66.9 Å². The maximum absolute atomic E-state index is 13.7. The molecule has 2 heterocycles. The molecule has 0 aliphatic carbocycles. The molecule has 0 saturated carbocycles. The van der Waals surface area contributed by atoms with Crippen LogP contribution in [-0.2, 0) is 14.8 Å². The number of halogens is 1. The molecule has 2 aliphatic heterocycles. The lowest BCUT2D eigenvalue weighted by atomic mass is 10.00. The molecule has 0 aromatic heterocycles. The molecule has 2 aromatic carbocycles. The summed E-state index contributed by atoms with van der Waals surface area (Å²) in [5, 5.41) is 0. The number of piperidine rings is 1. The van der Waals surface area contributed by atoms with E-state index in [0.717, 1.165) is 16.7 Å². The minimum Gasteiger partial charge on any atom is -0.358 e. The number of carbonyl (C=O) groups is 1. The highest BCUT2D eigenvalue weighted by molar-refractivity contribution is 7.89. The van der Waals surface area contributed by atoms with E-state index in [4.69, 9.17) is 4.74 Å². The van der Waals surface area contributed by atoms with Crippen molar-refractivity contribution in [2.24, 2.45) is 0 Å². The lowest BCUT2D eigenvalue weighted by Crippen LogP contribution is -2.55. The normalized spacial score (nSPS) is 19.2. The van der Waals surface area contributed by atoms with Crippen LogP contribution in [0.25, 0.3) is 0 Å². The van der Waals surface area contributed by atoms with Gasteiger partial charge in [0.2, 0.25) is 10.0 Å². The first-order chi connectivity index (χ1) is 14.6. The SMILES string of the molecule is Cc1cc(C)c(S(=O)(=O)N2CCOC23CCN(C(=O)c2cccc(F)c2)CC3)c(C)c1. The second-order valence-corrected chi connectivity index (χ2v) is 10.2. The summed E-state index contributed by atoms with van der Waals surface area (Å²) in [6.07, 6.45) is 0.745. The highest BCUT2D eigenvalue weighted by Gasteiger charge is 2.51. The minimum absolute atomic E-state index is 0.257. The average Bonchev–Trinajstić information content (AvgIpc) is 3.11. The third-order valence-corrected chi connectivity index (χ3v) is 8.43. The molecule has 0 bridgehead atoms. The van der Waals surface area contributed by atoms with Gasteiger partial charge in [0.15, 0.2) is 0 Å². The van der Waals surface area contributed by atoms with E-state index < -0.39 is 21.6 Å². The Kier molecular flexibility index (Phi) is 5.66. The van der Waals surface area contributed by atoms with Crippen LogP contribution in [0.4, 0.5) is 4.39 Å². The summed E-state index contributed by atoms with van der Waals surface area (Å²) >= 11 is 0. The van der Waals surface area contributed by atoms with E-state index >= 15 is 0 Å². The number of hydrogen-bond acceptors (Lipinski definition) is 4. The molecule has 1 spiro atoms. The summed E-state index contributed by atoms with van der Waals surface area (Å²) in [5.41, 5.74) is 1.79. The van der Waals surface area contributed by atoms with Crippen molar-refractivity contribution in [2.75, 3.05) is 26.2 Å². The van der Waals surface area contributed by atoms with Gasteiger partial charge in [0.25, 0.3) is 5.91 Å². The Morgan fingerprint density at radius 2 is 1.68 bits per heavy atom. The minimum atomic E-state index is -3.77. The highest BCUT2D eigenvalue weighted by Crippen LogP contribution is 2.40. The highest BCUT2D eigenvalue weighted by atomic mass is 32.2. The van der Waals surface area contributed by atoms with Gasteiger partial charge in [-0.3, -0.25) is 4.79 Å². The maximum atomic E-state index is 13.7. The lowest BCUT2D eigenvalue weighted by molar-refractivity contribution is -0.0857. The van der Waals surface area contributed by atoms with Crippen molar-refractivity contribution in [3.8, 4) is 0 Å². The molecular weight excluding hydrogens is 419 g/mol. The fraction of sp³-hybridized carbons (Fsp3) is 0.435. The summed E-state index contributed by atoms with van der Waals surface area (Å²) in [6, 6.07) is 9.37. The van der Waals surface area contributed by atoms with Crippen molar-refractivity contribution < 1.29 is 22.3 Å². The molecule has 2 saturated heterocycles. The van der Waals surface area contributed by atoms with E-state index in [1.54, 1.807) is 11.0 Å². The molecule has 4 rings (SSSR count). The molecule has 2 aromatic rings. The first kappa shape index (κ1) is 21.9. The summed E-state index contributed by atoms with van der Waals surface area (Å²) in [6.45, 7) is 6.87. The Morgan fingerprint density at radius 3 is 2.29 bits per heavy atom. The van der Waals surface area contributed by atoms with Crippen LogP contribution in [0.3, 0.4) is 0 Å². The van der Waals surface area contributed by atoms with Gasteiger partial charge in [0, 0.05) is 38.0 Å². The number of hydrogen-bond donors (Lipinski definition) is 0. The zero-order chi connectivity index (χ0) is 22.4. The Morgan fingerprint density at radius 1 is 1.03 bits per heavy atom. The fourth-order valence-corrected chi connectivity index (χ4v) is 7.01. The third-order valence-electron chi connectivity index (χ3n) is 6.18. The molecule has 1 amide bonds. The van der Waals surface area contributed by atoms with E-state index in [2.05, 4.69) is 0 Å². The van der Waals surface area contributed by atoms with Crippen LogP contribution >= 0.6 is 0 Å². The van der Waals surface area contributed by atoms with Crippen LogP contribution in [0.5, 0.6) is 0 Å². The number of ether oxygens (including phenoxy) is 1. The van der Waals surface area contributed by atoms with Crippen LogP contribution < -0.4 is 0 Å². The number of likely N-dealkylation sites (tertiary alicyclic amines) is 1. The third kappa shape index (κ3) is 3.88. The van der Waals surface area contributed by atoms with Gasteiger partial charge in [-0.2, -0.15) is 4.31 Å². The molecule has 2 fully saturated rings. The molecule has 2 aliphatic rings. The quantitative estimate of drug-likeness (QED) is 0.725. The summed E-state index contributed by atoms with van der Waals surface area (Å²) < 4.78 is 48.3. The van der Waals surface area contributed by atoms with E-state index in [1.807, 2.05) is 32.9 Å². The zero-order valence-corrected chi connectivity index (χ0v) is 18.8. The second-order valence-electron chi connectivity index (χ2n) is 8.40. The van der Waals surface area contributed by atoms with E-state index in [-0.39, 0.29) is 12.5 Å². The molecule has 31 heavy (non-hydrogen) atoms. The maximum Gasteiger partial charge on any atom is 0.253 e. The smallest absolute Gasteiger partial charge is 0.253 e. The lowest BCUT2D eigenvalue weighted by Gasteiger charge is -2.43. The molecule has 6 nitrogen and oxygen atoms in total. The van der Waals surface area contributed by atoms with E-state index in [0.29, 0.717) is 43.0 Å². The van der Waals surface area contributed by atoms with Gasteiger partial charge in [-0.1, -0.05) is 23.8 Å². The number of nitrogens with zero attached hydrogens (tertiary/aromatic N) is 2. The van der Waals surface area contributed by atoms with Crippen molar-refractivity contribution in [1.29, 1.82) is 0 Å². The van der Waals surface area contributed by atoms with Gasteiger partial charge in [0.1, 0.15) is 11.5 Å². The van der Waals surface area contributed by atoms with E-state index in [1.165, 1.54) is 22.5 Å². The van der Waals surface area contributed by atoms with Crippen LogP contribution in [-0.4, -0.2) is 55.5 Å². The molecular formula is C23H27FN2O4S. The van der Waals surface area contributed by atoms with Crippen molar-refractivity contribution in [2.45, 2.75) is 44.2 Å². The molecule has 8 heteroatoms. The first-order valence-electron chi connectivity index (χ1n) is 10.4. The van der Waals surface area contributed by atoms with Gasteiger partial charge in [-0.15, -0.1) is 0 Å². The number of benzene rings is 2. The Labute approximate surface area is 182 Å². The van der Waals surface area contributed by atoms with Crippen LogP contribution in [0.2, 0.25) is 0 Å². The first-order valence-corrected chi connectivity index (χ1v) is 11.9. The molecule has 0 atom stereocenters. The number of rotatable bonds is 3. The van der Waals surface area contributed by atoms with Crippen molar-refractivity contribution in [3.63, 3.8) is 0 Å². The second kappa shape index (κ2) is 8.00. The summed E-state index contributed by atoms with van der Waals surface area (Å²) in [5.74, 6) is -0.716. The number of amides is 1. The predicted molar refractivity (Wildman–Crippen MR) is 115 cm³/mol. The van der Waals surface area contributed by atoms with Gasteiger partial charge in [-0.05, 0) is 50.1 Å². The van der Waals surface area contributed by atoms with E-state index in [9.17, 15) is 17.6 Å². The van der Waals surface area contributed by atoms with Gasteiger partial charge in [-0.25, -0.2) is 12.8 Å². The van der Waals surface area contributed by atoms with Gasteiger partial charge >= 0.3 is 0 Å². The Hall–Kier alpha value is -2.29.